The average Bonchev–Trinajstić information content (AvgIpc) is 3.04. The molecule has 0 atom stereocenters. The van der Waals surface area contributed by atoms with Gasteiger partial charge in [0.1, 0.15) is 0 Å². The van der Waals surface area contributed by atoms with Crippen LogP contribution in [0.15, 0.2) is 28.6 Å². The summed E-state index contributed by atoms with van der Waals surface area (Å²) in [5.41, 5.74) is 1.87. The van der Waals surface area contributed by atoms with Crippen molar-refractivity contribution in [3.05, 3.63) is 35.4 Å². The second-order valence-electron chi connectivity index (χ2n) is 6.95. The number of sulfonamides is 1. The summed E-state index contributed by atoms with van der Waals surface area (Å²) in [7, 11) is -3.73. The number of benzene rings is 1. The van der Waals surface area contributed by atoms with Gasteiger partial charge in [0.15, 0.2) is 0 Å². The van der Waals surface area contributed by atoms with Gasteiger partial charge >= 0.3 is 0 Å². The molecule has 2 N–H and O–H groups in total. The van der Waals surface area contributed by atoms with Crippen molar-refractivity contribution in [3.8, 4) is 0 Å². The van der Waals surface area contributed by atoms with Gasteiger partial charge in [-0.3, -0.25) is 4.79 Å². The molecular weight excluding hydrogens is 404 g/mol. The highest BCUT2D eigenvalue weighted by Gasteiger charge is 2.24. The number of anilines is 1. The fourth-order valence-corrected chi connectivity index (χ4v) is 4.95. The standard InChI is InChI=1S/C17H24N4O3S3/c1-12-7-5-6-8-13(12)11-25-10-9-18-27(23,24)16-21-20-15(26-16)19-14(22)17(2,3)4/h5-8,18H,9-11H2,1-4H3,(H,19,20,22). The molecule has 0 aliphatic heterocycles. The van der Waals surface area contributed by atoms with E-state index in [4.69, 9.17) is 0 Å². The lowest BCUT2D eigenvalue weighted by molar-refractivity contribution is -0.123. The van der Waals surface area contributed by atoms with E-state index in [0.717, 1.165) is 17.1 Å². The molecule has 7 nitrogen and oxygen atoms in total. The lowest BCUT2D eigenvalue weighted by Crippen LogP contribution is -2.27. The summed E-state index contributed by atoms with van der Waals surface area (Å²) in [6.45, 7) is 7.64. The van der Waals surface area contributed by atoms with Gasteiger partial charge in [0.05, 0.1) is 0 Å². The Morgan fingerprint density at radius 1 is 1.22 bits per heavy atom. The first-order valence-corrected chi connectivity index (χ1v) is 11.8. The van der Waals surface area contributed by atoms with Gasteiger partial charge in [-0.05, 0) is 18.1 Å². The number of nitrogens with one attached hydrogen (secondary N) is 2. The Labute approximate surface area is 168 Å². The smallest absolute Gasteiger partial charge is 0.269 e. The molecule has 0 radical (unpaired) electrons. The average molecular weight is 429 g/mol. The minimum atomic E-state index is -3.73. The van der Waals surface area contributed by atoms with Crippen molar-refractivity contribution in [2.75, 3.05) is 17.6 Å². The molecule has 0 fully saturated rings. The monoisotopic (exact) mass is 428 g/mol. The zero-order chi connectivity index (χ0) is 20.1. The summed E-state index contributed by atoms with van der Waals surface area (Å²) in [5.74, 6) is 1.22. The zero-order valence-electron chi connectivity index (χ0n) is 15.8. The molecule has 10 heteroatoms. The lowest BCUT2D eigenvalue weighted by Gasteiger charge is -2.15. The zero-order valence-corrected chi connectivity index (χ0v) is 18.2. The van der Waals surface area contributed by atoms with Crippen molar-refractivity contribution >= 4 is 44.2 Å². The van der Waals surface area contributed by atoms with E-state index < -0.39 is 15.4 Å². The highest BCUT2D eigenvalue weighted by Crippen LogP contribution is 2.23. The summed E-state index contributed by atoms with van der Waals surface area (Å²) in [6, 6.07) is 8.13. The minimum absolute atomic E-state index is 0.157. The Hall–Kier alpha value is -1.49. The molecule has 148 valence electrons. The maximum absolute atomic E-state index is 12.3. The minimum Gasteiger partial charge on any atom is -0.300 e. The third kappa shape index (κ3) is 6.56. The van der Waals surface area contributed by atoms with Crippen LogP contribution in [0, 0.1) is 12.3 Å². The molecule has 2 aromatic rings. The van der Waals surface area contributed by atoms with Crippen LogP contribution in [0.2, 0.25) is 0 Å². The first kappa shape index (κ1) is 21.8. The molecule has 0 bridgehead atoms. The van der Waals surface area contributed by atoms with Crippen LogP contribution in [-0.2, 0) is 20.6 Å². The fraction of sp³-hybridized carbons (Fsp3) is 0.471. The number of aryl methyl sites for hydroxylation is 1. The van der Waals surface area contributed by atoms with Crippen LogP contribution in [0.25, 0.3) is 0 Å². The van der Waals surface area contributed by atoms with E-state index >= 15 is 0 Å². The first-order valence-electron chi connectivity index (χ1n) is 8.36. The second kappa shape index (κ2) is 9.13. The number of carbonyl (C=O) groups is 1. The number of hydrogen-bond donors (Lipinski definition) is 2. The van der Waals surface area contributed by atoms with Gasteiger partial charge in [-0.1, -0.05) is 56.4 Å². The molecule has 1 amide bonds. The number of rotatable bonds is 8. The van der Waals surface area contributed by atoms with Crippen molar-refractivity contribution < 1.29 is 13.2 Å². The molecule has 0 saturated carbocycles. The molecule has 27 heavy (non-hydrogen) atoms. The van der Waals surface area contributed by atoms with Crippen LogP contribution in [-0.4, -0.2) is 36.8 Å². The topological polar surface area (TPSA) is 101 Å². The lowest BCUT2D eigenvalue weighted by atomic mass is 9.96. The van der Waals surface area contributed by atoms with Crippen molar-refractivity contribution in [2.45, 2.75) is 37.8 Å². The van der Waals surface area contributed by atoms with Crippen molar-refractivity contribution in [3.63, 3.8) is 0 Å². The van der Waals surface area contributed by atoms with Gasteiger partial charge in [0.2, 0.25) is 15.4 Å². The van der Waals surface area contributed by atoms with Crippen LogP contribution in [0.3, 0.4) is 0 Å². The van der Waals surface area contributed by atoms with Crippen LogP contribution in [0.5, 0.6) is 0 Å². The number of amides is 1. The van der Waals surface area contributed by atoms with Crippen LogP contribution in [0.1, 0.15) is 31.9 Å². The van der Waals surface area contributed by atoms with E-state index in [1.165, 1.54) is 11.1 Å². The molecule has 1 aromatic carbocycles. The van der Waals surface area contributed by atoms with E-state index in [1.54, 1.807) is 32.5 Å². The molecular formula is C17H24N4O3S3. The van der Waals surface area contributed by atoms with Crippen molar-refractivity contribution in [1.82, 2.24) is 14.9 Å². The summed E-state index contributed by atoms with van der Waals surface area (Å²) in [5, 5.41) is 10.2. The maximum Gasteiger partial charge on any atom is 0.269 e. The van der Waals surface area contributed by atoms with E-state index in [2.05, 4.69) is 39.3 Å². The molecule has 0 unspecified atom stereocenters. The number of aromatic nitrogens is 2. The van der Waals surface area contributed by atoms with E-state index in [0.29, 0.717) is 12.3 Å². The summed E-state index contributed by atoms with van der Waals surface area (Å²) >= 11 is 2.49. The Morgan fingerprint density at radius 3 is 2.59 bits per heavy atom. The van der Waals surface area contributed by atoms with Gasteiger partial charge in [-0.15, -0.1) is 10.2 Å². The number of hydrogen-bond acceptors (Lipinski definition) is 7. The van der Waals surface area contributed by atoms with Crippen molar-refractivity contribution in [1.29, 1.82) is 0 Å². The number of thioether (sulfide) groups is 1. The quantitative estimate of drug-likeness (QED) is 0.495. The fourth-order valence-electron chi connectivity index (χ4n) is 1.92. The van der Waals surface area contributed by atoms with Gasteiger partial charge in [-0.2, -0.15) is 11.8 Å². The SMILES string of the molecule is Cc1ccccc1CSCCNS(=O)(=O)c1nnc(NC(=O)C(C)(C)C)s1. The van der Waals surface area contributed by atoms with Gasteiger partial charge in [-0.25, -0.2) is 13.1 Å². The predicted octanol–water partition coefficient (Wildman–Crippen LogP) is 3.04. The molecule has 2 rings (SSSR count). The van der Waals surface area contributed by atoms with Gasteiger partial charge in [0, 0.05) is 23.5 Å². The van der Waals surface area contributed by atoms with Crippen LogP contribution < -0.4 is 10.0 Å². The van der Waals surface area contributed by atoms with Gasteiger partial charge < -0.3 is 5.32 Å². The molecule has 0 saturated heterocycles. The van der Waals surface area contributed by atoms with Crippen LogP contribution in [0.4, 0.5) is 5.13 Å². The first-order chi connectivity index (χ1) is 12.6. The van der Waals surface area contributed by atoms with E-state index in [1.807, 2.05) is 12.1 Å². The largest absolute Gasteiger partial charge is 0.300 e. The summed E-state index contributed by atoms with van der Waals surface area (Å²) in [6.07, 6.45) is 0. The number of nitrogens with zero attached hydrogens (tertiary/aromatic N) is 2. The summed E-state index contributed by atoms with van der Waals surface area (Å²) in [4.78, 5) is 11.9. The van der Waals surface area contributed by atoms with Crippen LogP contribution >= 0.6 is 23.1 Å². The highest BCUT2D eigenvalue weighted by molar-refractivity contribution is 7.98. The molecule has 1 heterocycles. The Morgan fingerprint density at radius 2 is 1.93 bits per heavy atom. The third-order valence-corrected chi connectivity index (χ3v) is 7.27. The molecule has 0 aliphatic carbocycles. The third-order valence-electron chi connectivity index (χ3n) is 3.60. The second-order valence-corrected chi connectivity index (χ2v) is 11.0. The normalized spacial score (nSPS) is 12.1. The maximum atomic E-state index is 12.3. The highest BCUT2D eigenvalue weighted by atomic mass is 32.2. The number of carbonyl (C=O) groups excluding carboxylic acids is 1. The Bertz CT molecular complexity index is 889. The molecule has 0 aliphatic rings. The predicted molar refractivity (Wildman–Crippen MR) is 111 cm³/mol. The Kier molecular flexibility index (Phi) is 7.38. The van der Waals surface area contributed by atoms with E-state index in [-0.39, 0.29) is 15.4 Å². The van der Waals surface area contributed by atoms with Gasteiger partial charge in [0.25, 0.3) is 10.0 Å². The summed E-state index contributed by atoms with van der Waals surface area (Å²) < 4.78 is 26.9. The Balaban J connectivity index is 1.83. The molecule has 1 aromatic heterocycles. The van der Waals surface area contributed by atoms with E-state index in [9.17, 15) is 13.2 Å². The van der Waals surface area contributed by atoms with Crippen molar-refractivity contribution in [2.24, 2.45) is 5.41 Å². The molecule has 0 spiro atoms.